The van der Waals surface area contributed by atoms with E-state index < -0.39 is 24.0 Å². The number of amides is 1. The lowest BCUT2D eigenvalue weighted by atomic mass is 10.1. The summed E-state index contributed by atoms with van der Waals surface area (Å²) in [7, 11) is 0. The Kier molecular flexibility index (Phi) is 6.67. The van der Waals surface area contributed by atoms with Gasteiger partial charge in [-0.3, -0.25) is 4.79 Å². The van der Waals surface area contributed by atoms with Gasteiger partial charge < -0.3 is 10.1 Å². The van der Waals surface area contributed by atoms with Gasteiger partial charge in [0.1, 0.15) is 6.33 Å². The number of carbonyl (C=O) groups excluding carboxylic acids is 2. The van der Waals surface area contributed by atoms with Crippen LogP contribution < -0.4 is 5.32 Å². The van der Waals surface area contributed by atoms with Gasteiger partial charge in [0.2, 0.25) is 0 Å². The lowest BCUT2D eigenvalue weighted by Crippen LogP contribution is -2.34. The van der Waals surface area contributed by atoms with E-state index in [1.165, 1.54) is 23.5 Å². The van der Waals surface area contributed by atoms with Crippen LogP contribution in [0.5, 0.6) is 0 Å². The summed E-state index contributed by atoms with van der Waals surface area (Å²) in [4.78, 5) is 25.2. The molecule has 0 unspecified atom stereocenters. The summed E-state index contributed by atoms with van der Waals surface area (Å²) in [6.45, 7) is 3.60. The summed E-state index contributed by atoms with van der Waals surface area (Å²) in [6, 6.07) is 16.2. The van der Waals surface area contributed by atoms with Gasteiger partial charge in [-0.15, -0.1) is 5.10 Å². The first-order chi connectivity index (χ1) is 14.1. The minimum Gasteiger partial charge on any atom is -0.451 e. The Morgan fingerprint density at radius 3 is 2.41 bits per heavy atom. The molecule has 0 radical (unpaired) electrons. The first-order valence-electron chi connectivity index (χ1n) is 9.43. The van der Waals surface area contributed by atoms with Gasteiger partial charge in [0.05, 0.1) is 0 Å². The number of aromatic nitrogens is 4. The predicted molar refractivity (Wildman–Crippen MR) is 107 cm³/mol. The molecule has 1 amide bonds. The van der Waals surface area contributed by atoms with Crippen LogP contribution in [0.25, 0.3) is 0 Å². The van der Waals surface area contributed by atoms with E-state index in [1.807, 2.05) is 54.6 Å². The van der Waals surface area contributed by atoms with Gasteiger partial charge in [-0.2, -0.15) is 0 Å². The molecule has 1 heterocycles. The summed E-state index contributed by atoms with van der Waals surface area (Å²) in [6.07, 6.45) is 1.65. The van der Waals surface area contributed by atoms with Crippen molar-refractivity contribution in [2.24, 2.45) is 0 Å². The van der Waals surface area contributed by atoms with E-state index in [1.54, 1.807) is 0 Å². The molecule has 0 aliphatic rings. The van der Waals surface area contributed by atoms with E-state index in [0.717, 1.165) is 12.0 Å². The van der Waals surface area contributed by atoms with Gasteiger partial charge in [-0.05, 0) is 47.0 Å². The molecule has 0 spiro atoms. The van der Waals surface area contributed by atoms with Gasteiger partial charge in [-0.25, -0.2) is 9.48 Å². The zero-order chi connectivity index (χ0) is 20.6. The predicted octanol–water partition coefficient (Wildman–Crippen LogP) is 2.59. The monoisotopic (exact) mass is 393 g/mol. The fourth-order valence-electron chi connectivity index (χ4n) is 2.81. The van der Waals surface area contributed by atoms with Crippen LogP contribution in [0, 0.1) is 0 Å². The second kappa shape index (κ2) is 9.59. The first kappa shape index (κ1) is 20.2. The number of tetrazole rings is 1. The molecule has 8 nitrogen and oxygen atoms in total. The molecule has 0 saturated heterocycles. The molecule has 2 atom stereocenters. The maximum absolute atomic E-state index is 12.8. The number of anilines is 1. The molecule has 150 valence electrons. The van der Waals surface area contributed by atoms with E-state index in [2.05, 4.69) is 27.8 Å². The van der Waals surface area contributed by atoms with Crippen molar-refractivity contribution in [1.82, 2.24) is 20.2 Å². The maximum atomic E-state index is 12.8. The number of benzene rings is 2. The number of hydrogen-bond acceptors (Lipinski definition) is 6. The highest BCUT2D eigenvalue weighted by Crippen LogP contribution is 2.17. The van der Waals surface area contributed by atoms with Crippen LogP contribution >= 0.6 is 0 Å². The van der Waals surface area contributed by atoms with E-state index in [-0.39, 0.29) is 0 Å². The van der Waals surface area contributed by atoms with E-state index in [9.17, 15) is 9.59 Å². The van der Waals surface area contributed by atoms with Crippen LogP contribution in [-0.2, 0) is 27.2 Å². The third kappa shape index (κ3) is 5.47. The van der Waals surface area contributed by atoms with Crippen molar-refractivity contribution >= 4 is 17.6 Å². The molecule has 0 aliphatic heterocycles. The van der Waals surface area contributed by atoms with Crippen molar-refractivity contribution in [3.63, 3.8) is 0 Å². The molecule has 2 aromatic carbocycles. The number of nitrogens with zero attached hydrogens (tertiary/aromatic N) is 4. The largest absolute Gasteiger partial charge is 0.451 e. The highest BCUT2D eigenvalue weighted by atomic mass is 16.5. The second-order valence-electron chi connectivity index (χ2n) is 6.61. The van der Waals surface area contributed by atoms with Crippen LogP contribution in [0.2, 0.25) is 0 Å². The Balaban J connectivity index is 1.65. The zero-order valence-electron chi connectivity index (χ0n) is 16.4. The Hall–Kier alpha value is -3.55. The lowest BCUT2D eigenvalue weighted by Gasteiger charge is -2.19. The molecule has 1 N–H and O–H groups in total. The van der Waals surface area contributed by atoms with Gasteiger partial charge in [-0.1, -0.05) is 49.4 Å². The van der Waals surface area contributed by atoms with E-state index in [4.69, 9.17) is 4.74 Å². The summed E-state index contributed by atoms with van der Waals surface area (Å²) < 4.78 is 6.76. The van der Waals surface area contributed by atoms with Gasteiger partial charge in [0.15, 0.2) is 12.1 Å². The smallest absolute Gasteiger partial charge is 0.332 e. The number of rotatable bonds is 8. The molecule has 8 heteroatoms. The number of aryl methyl sites for hydroxylation is 1. The maximum Gasteiger partial charge on any atom is 0.332 e. The third-order valence-corrected chi connectivity index (χ3v) is 4.52. The van der Waals surface area contributed by atoms with Crippen molar-refractivity contribution < 1.29 is 14.3 Å². The van der Waals surface area contributed by atoms with Gasteiger partial charge in [0.25, 0.3) is 5.91 Å². The summed E-state index contributed by atoms with van der Waals surface area (Å²) >= 11 is 0. The highest BCUT2D eigenvalue weighted by Gasteiger charge is 2.27. The summed E-state index contributed by atoms with van der Waals surface area (Å²) in [5.41, 5.74) is 2.75. The number of carbonyl (C=O) groups is 2. The molecule has 0 aliphatic carbocycles. The molecule has 3 rings (SSSR count). The molecule has 0 bridgehead atoms. The Morgan fingerprint density at radius 1 is 1.07 bits per heavy atom. The van der Waals surface area contributed by atoms with E-state index in [0.29, 0.717) is 12.1 Å². The van der Waals surface area contributed by atoms with Crippen LogP contribution in [0.3, 0.4) is 0 Å². The zero-order valence-corrected chi connectivity index (χ0v) is 16.4. The van der Waals surface area contributed by atoms with Crippen LogP contribution in [0.15, 0.2) is 60.9 Å². The molecule has 3 aromatic rings. The third-order valence-electron chi connectivity index (χ3n) is 4.52. The van der Waals surface area contributed by atoms with Crippen molar-refractivity contribution in [3.8, 4) is 0 Å². The number of hydrogen-bond donors (Lipinski definition) is 1. The Bertz CT molecular complexity index is 927. The van der Waals surface area contributed by atoms with Gasteiger partial charge >= 0.3 is 5.97 Å². The molecule has 29 heavy (non-hydrogen) atoms. The Morgan fingerprint density at radius 2 is 1.79 bits per heavy atom. The number of ether oxygens (including phenoxy) is 1. The summed E-state index contributed by atoms with van der Waals surface area (Å²) in [5.74, 6) is -0.983. The highest BCUT2D eigenvalue weighted by molar-refractivity contribution is 5.95. The van der Waals surface area contributed by atoms with Crippen molar-refractivity contribution in [2.45, 2.75) is 38.8 Å². The quantitative estimate of drug-likeness (QED) is 0.591. The average Bonchev–Trinajstić information content (AvgIpc) is 3.27. The minimum atomic E-state index is -0.969. The topological polar surface area (TPSA) is 99.0 Å². The normalized spacial score (nSPS) is 12.8. The minimum absolute atomic E-state index is 0.345. The SMILES string of the molecule is CCc1ccc(NC(=O)[C@H](C)OC(=O)[C@H](Cc2ccccc2)n2cnnn2)cc1. The lowest BCUT2D eigenvalue weighted by molar-refractivity contribution is -0.156. The van der Waals surface area contributed by atoms with Crippen LogP contribution in [0.4, 0.5) is 5.69 Å². The molecular formula is C21H23N5O3. The fourth-order valence-corrected chi connectivity index (χ4v) is 2.81. The van der Waals surface area contributed by atoms with E-state index >= 15 is 0 Å². The second-order valence-corrected chi connectivity index (χ2v) is 6.61. The van der Waals surface area contributed by atoms with Crippen LogP contribution in [-0.4, -0.2) is 38.2 Å². The Labute approximate surface area is 168 Å². The van der Waals surface area contributed by atoms with Crippen molar-refractivity contribution in [2.75, 3.05) is 5.32 Å². The van der Waals surface area contributed by atoms with Crippen LogP contribution in [0.1, 0.15) is 31.0 Å². The number of esters is 1. The van der Waals surface area contributed by atoms with Crippen molar-refractivity contribution in [3.05, 3.63) is 72.1 Å². The first-order valence-corrected chi connectivity index (χ1v) is 9.43. The molecule has 1 aromatic heterocycles. The number of nitrogens with one attached hydrogen (secondary N) is 1. The van der Waals surface area contributed by atoms with Gasteiger partial charge in [0, 0.05) is 12.1 Å². The molecule has 0 saturated carbocycles. The fraction of sp³-hybridized carbons (Fsp3) is 0.286. The summed E-state index contributed by atoms with van der Waals surface area (Å²) in [5, 5.41) is 13.8. The standard InChI is InChI=1S/C21H23N5O3/c1-3-16-9-11-18(12-10-16)23-20(27)15(2)29-21(28)19(26-14-22-24-25-26)13-17-7-5-4-6-8-17/h4-12,14-15,19H,3,13H2,1-2H3,(H,23,27)/t15-,19-/m0/s1. The molecular weight excluding hydrogens is 370 g/mol. The van der Waals surface area contributed by atoms with Crippen molar-refractivity contribution in [1.29, 1.82) is 0 Å². The average molecular weight is 393 g/mol. The molecule has 0 fully saturated rings.